The van der Waals surface area contributed by atoms with Crippen LogP contribution in [-0.2, 0) is 4.79 Å². The molecule has 0 saturated heterocycles. The van der Waals surface area contributed by atoms with Gasteiger partial charge < -0.3 is 15.7 Å². The number of urea groups is 1. The number of carbonyl (C=O) groups is 2. The second-order valence-corrected chi connectivity index (χ2v) is 4.96. The molecule has 2 amide bonds. The van der Waals surface area contributed by atoms with Gasteiger partial charge in [-0.3, -0.25) is 4.79 Å². The molecule has 19 heavy (non-hydrogen) atoms. The quantitative estimate of drug-likeness (QED) is 0.762. The second-order valence-electron chi connectivity index (χ2n) is 4.96. The third kappa shape index (κ3) is 3.98. The summed E-state index contributed by atoms with van der Waals surface area (Å²) in [6.45, 7) is 1.91. The Morgan fingerprint density at radius 1 is 1.37 bits per heavy atom. The van der Waals surface area contributed by atoms with E-state index in [0.29, 0.717) is 5.92 Å². The van der Waals surface area contributed by atoms with Crippen LogP contribution in [-0.4, -0.2) is 23.1 Å². The third-order valence-electron chi connectivity index (χ3n) is 3.30. The van der Waals surface area contributed by atoms with Crippen molar-refractivity contribution in [1.29, 1.82) is 0 Å². The van der Waals surface area contributed by atoms with E-state index in [1.54, 1.807) is 0 Å². The lowest BCUT2D eigenvalue weighted by Crippen LogP contribution is -2.40. The predicted molar refractivity (Wildman–Crippen MR) is 72.1 cm³/mol. The molecule has 102 valence electrons. The minimum atomic E-state index is -0.881. The van der Waals surface area contributed by atoms with Crippen LogP contribution in [0.3, 0.4) is 0 Å². The van der Waals surface area contributed by atoms with E-state index in [1.165, 1.54) is 0 Å². The van der Waals surface area contributed by atoms with Crippen molar-refractivity contribution in [2.45, 2.75) is 32.2 Å². The number of rotatable bonds is 5. The van der Waals surface area contributed by atoms with Gasteiger partial charge in [0.25, 0.3) is 0 Å². The zero-order chi connectivity index (χ0) is 13.8. The predicted octanol–water partition coefficient (Wildman–Crippen LogP) is 2.37. The Morgan fingerprint density at radius 2 is 2.05 bits per heavy atom. The minimum Gasteiger partial charge on any atom is -0.481 e. The highest BCUT2D eigenvalue weighted by molar-refractivity contribution is 5.90. The van der Waals surface area contributed by atoms with Crippen LogP contribution < -0.4 is 10.6 Å². The Bertz CT molecular complexity index is 483. The molecule has 1 aliphatic rings. The summed E-state index contributed by atoms with van der Waals surface area (Å²) in [6.07, 6.45) is 1.96. The van der Waals surface area contributed by atoms with Crippen molar-refractivity contribution in [3.63, 3.8) is 0 Å². The number of aliphatic carboxylic acids is 1. The van der Waals surface area contributed by atoms with Crippen LogP contribution in [0.5, 0.6) is 0 Å². The van der Waals surface area contributed by atoms with Crippen LogP contribution in [0, 0.1) is 12.8 Å². The van der Waals surface area contributed by atoms with Crippen LogP contribution in [0.4, 0.5) is 10.5 Å². The number of hydrogen-bond acceptors (Lipinski definition) is 2. The summed E-state index contributed by atoms with van der Waals surface area (Å²) in [5.74, 6) is -0.577. The molecular weight excluding hydrogens is 244 g/mol. The van der Waals surface area contributed by atoms with Crippen molar-refractivity contribution in [2.24, 2.45) is 5.92 Å². The summed E-state index contributed by atoms with van der Waals surface area (Å²) >= 11 is 0. The van der Waals surface area contributed by atoms with Crippen molar-refractivity contribution < 1.29 is 14.7 Å². The van der Waals surface area contributed by atoms with Crippen LogP contribution in [0.15, 0.2) is 24.3 Å². The van der Waals surface area contributed by atoms with E-state index in [0.717, 1.165) is 24.1 Å². The molecule has 1 unspecified atom stereocenters. The maximum absolute atomic E-state index is 11.9. The van der Waals surface area contributed by atoms with Gasteiger partial charge in [0.1, 0.15) is 0 Å². The monoisotopic (exact) mass is 262 g/mol. The molecule has 0 aliphatic heterocycles. The van der Waals surface area contributed by atoms with Crippen LogP contribution in [0.2, 0.25) is 0 Å². The fourth-order valence-electron chi connectivity index (χ4n) is 2.06. The van der Waals surface area contributed by atoms with E-state index in [9.17, 15) is 9.59 Å². The van der Waals surface area contributed by atoms with Gasteiger partial charge in [-0.25, -0.2) is 4.79 Å². The SMILES string of the molecule is Cc1ccccc1NC(=O)NC(CC(=O)O)C1CC1. The number of para-hydroxylation sites is 1. The average Bonchev–Trinajstić information content (AvgIpc) is 3.14. The molecule has 1 aromatic carbocycles. The van der Waals surface area contributed by atoms with Gasteiger partial charge in [0, 0.05) is 11.7 Å². The largest absolute Gasteiger partial charge is 0.481 e. The van der Waals surface area contributed by atoms with E-state index in [-0.39, 0.29) is 18.5 Å². The molecule has 1 aromatic rings. The lowest BCUT2D eigenvalue weighted by molar-refractivity contribution is -0.137. The molecule has 5 nitrogen and oxygen atoms in total. The number of carboxylic acids is 1. The summed E-state index contributed by atoms with van der Waals surface area (Å²) in [4.78, 5) is 22.6. The highest BCUT2D eigenvalue weighted by atomic mass is 16.4. The number of aryl methyl sites for hydroxylation is 1. The van der Waals surface area contributed by atoms with Crippen molar-refractivity contribution in [2.75, 3.05) is 5.32 Å². The summed E-state index contributed by atoms with van der Waals surface area (Å²) in [5.41, 5.74) is 1.71. The average molecular weight is 262 g/mol. The number of carbonyl (C=O) groups excluding carboxylic acids is 1. The molecule has 0 aromatic heterocycles. The third-order valence-corrected chi connectivity index (χ3v) is 3.30. The first-order chi connectivity index (χ1) is 9.06. The molecule has 1 saturated carbocycles. The van der Waals surface area contributed by atoms with Crippen molar-refractivity contribution in [1.82, 2.24) is 5.32 Å². The van der Waals surface area contributed by atoms with Crippen molar-refractivity contribution in [3.8, 4) is 0 Å². The van der Waals surface area contributed by atoms with E-state index in [2.05, 4.69) is 10.6 Å². The van der Waals surface area contributed by atoms with Crippen molar-refractivity contribution in [3.05, 3.63) is 29.8 Å². The number of nitrogens with one attached hydrogen (secondary N) is 2. The minimum absolute atomic E-state index is 0.0220. The van der Waals surface area contributed by atoms with Gasteiger partial charge >= 0.3 is 12.0 Å². The van der Waals surface area contributed by atoms with E-state index in [4.69, 9.17) is 5.11 Å². The first-order valence-corrected chi connectivity index (χ1v) is 6.41. The van der Waals surface area contributed by atoms with Crippen molar-refractivity contribution >= 4 is 17.7 Å². The van der Waals surface area contributed by atoms with Gasteiger partial charge in [-0.2, -0.15) is 0 Å². The number of amides is 2. The first-order valence-electron chi connectivity index (χ1n) is 6.41. The molecular formula is C14H18N2O3. The first kappa shape index (κ1) is 13.4. The van der Waals surface area contributed by atoms with Gasteiger partial charge in [0.05, 0.1) is 6.42 Å². The summed E-state index contributed by atoms with van der Waals surface area (Å²) in [5, 5.41) is 14.3. The van der Waals surface area contributed by atoms with Crippen LogP contribution in [0.25, 0.3) is 0 Å². The van der Waals surface area contributed by atoms with Gasteiger partial charge in [-0.15, -0.1) is 0 Å². The standard InChI is InChI=1S/C14H18N2O3/c1-9-4-2-3-5-11(9)15-14(19)16-12(8-13(17)18)10-6-7-10/h2-5,10,12H,6-8H2,1H3,(H,17,18)(H2,15,16,19). The fraction of sp³-hybridized carbons (Fsp3) is 0.429. The van der Waals surface area contributed by atoms with E-state index >= 15 is 0 Å². The molecule has 0 heterocycles. The lowest BCUT2D eigenvalue weighted by atomic mass is 10.1. The van der Waals surface area contributed by atoms with Gasteiger partial charge in [-0.05, 0) is 37.3 Å². The molecule has 1 aliphatic carbocycles. The lowest BCUT2D eigenvalue weighted by Gasteiger charge is -2.17. The molecule has 0 bridgehead atoms. The highest BCUT2D eigenvalue weighted by Crippen LogP contribution is 2.34. The summed E-state index contributed by atoms with van der Waals surface area (Å²) in [6, 6.07) is 6.85. The fourth-order valence-corrected chi connectivity index (χ4v) is 2.06. The Morgan fingerprint density at radius 3 is 2.63 bits per heavy atom. The van der Waals surface area contributed by atoms with E-state index in [1.807, 2.05) is 31.2 Å². The maximum Gasteiger partial charge on any atom is 0.319 e. The number of anilines is 1. The van der Waals surface area contributed by atoms with Crippen LogP contribution in [0.1, 0.15) is 24.8 Å². The molecule has 5 heteroatoms. The highest BCUT2D eigenvalue weighted by Gasteiger charge is 2.33. The van der Waals surface area contributed by atoms with Gasteiger partial charge in [-0.1, -0.05) is 18.2 Å². The van der Waals surface area contributed by atoms with Gasteiger partial charge in [0.15, 0.2) is 0 Å². The molecule has 1 fully saturated rings. The summed E-state index contributed by atoms with van der Waals surface area (Å²) < 4.78 is 0. The second kappa shape index (κ2) is 5.73. The normalized spacial score (nSPS) is 15.6. The smallest absolute Gasteiger partial charge is 0.319 e. The molecule has 3 N–H and O–H groups in total. The Hall–Kier alpha value is -2.04. The Balaban J connectivity index is 1.92. The molecule has 1 atom stereocenters. The van der Waals surface area contributed by atoms with E-state index < -0.39 is 5.97 Å². The Kier molecular flexibility index (Phi) is 4.04. The Labute approximate surface area is 112 Å². The number of benzene rings is 1. The number of hydrogen-bond donors (Lipinski definition) is 3. The van der Waals surface area contributed by atoms with Gasteiger partial charge in [0.2, 0.25) is 0 Å². The summed E-state index contributed by atoms with van der Waals surface area (Å²) in [7, 11) is 0. The van der Waals surface area contributed by atoms with Crippen LogP contribution >= 0.6 is 0 Å². The maximum atomic E-state index is 11.9. The molecule has 2 rings (SSSR count). The zero-order valence-electron chi connectivity index (χ0n) is 10.8. The molecule has 0 radical (unpaired) electrons. The number of carboxylic acid groups (broad SMARTS) is 1. The zero-order valence-corrected chi connectivity index (χ0v) is 10.8. The topological polar surface area (TPSA) is 78.4 Å². The molecule has 0 spiro atoms.